The van der Waals surface area contributed by atoms with Crippen LogP contribution in [0.5, 0.6) is 5.75 Å². The minimum atomic E-state index is -0.530. The topological polar surface area (TPSA) is 35.5 Å². The van der Waals surface area contributed by atoms with E-state index in [1.165, 1.54) is 0 Å². The van der Waals surface area contributed by atoms with E-state index in [2.05, 4.69) is 19.1 Å². The van der Waals surface area contributed by atoms with Crippen molar-refractivity contribution in [3.8, 4) is 16.9 Å². The van der Waals surface area contributed by atoms with Crippen LogP contribution in [-0.4, -0.2) is 18.7 Å². The first-order valence-corrected chi connectivity index (χ1v) is 8.23. The molecule has 0 radical (unpaired) electrons. The lowest BCUT2D eigenvalue weighted by atomic mass is 10.1. The van der Waals surface area contributed by atoms with E-state index in [0.29, 0.717) is 18.8 Å². The predicted octanol–water partition coefficient (Wildman–Crippen LogP) is 4.85. The normalized spacial score (nSPS) is 11.7. The highest BCUT2D eigenvalue weighted by Gasteiger charge is 2.21. The number of ether oxygens (including phenoxy) is 2. The van der Waals surface area contributed by atoms with E-state index in [9.17, 15) is 4.79 Å². The average Bonchev–Trinajstić information content (AvgIpc) is 2.60. The molecule has 0 bridgehead atoms. The summed E-state index contributed by atoms with van der Waals surface area (Å²) in [4.78, 5) is 12.0. The Hall–Kier alpha value is -2.29. The van der Waals surface area contributed by atoms with E-state index in [1.807, 2.05) is 49.4 Å². The van der Waals surface area contributed by atoms with Crippen molar-refractivity contribution >= 4 is 5.97 Å². The molecule has 0 saturated carbocycles. The summed E-state index contributed by atoms with van der Waals surface area (Å²) < 4.78 is 10.9. The summed E-state index contributed by atoms with van der Waals surface area (Å²) >= 11 is 0. The van der Waals surface area contributed by atoms with Gasteiger partial charge in [0.05, 0.1) is 6.61 Å². The third kappa shape index (κ3) is 5.13. The first kappa shape index (κ1) is 17.1. The van der Waals surface area contributed by atoms with Gasteiger partial charge in [-0.05, 0) is 43.0 Å². The summed E-state index contributed by atoms with van der Waals surface area (Å²) in [5.74, 6) is 0.409. The molecular weight excluding hydrogens is 288 g/mol. The van der Waals surface area contributed by atoms with E-state index >= 15 is 0 Å². The molecule has 0 aliphatic heterocycles. The second-order valence-corrected chi connectivity index (χ2v) is 5.39. The maximum atomic E-state index is 12.0. The van der Waals surface area contributed by atoms with E-state index in [-0.39, 0.29) is 5.97 Å². The van der Waals surface area contributed by atoms with E-state index in [4.69, 9.17) is 9.47 Å². The Morgan fingerprint density at radius 2 is 1.61 bits per heavy atom. The van der Waals surface area contributed by atoms with Gasteiger partial charge in [-0.3, -0.25) is 0 Å². The number of hydrogen-bond donors (Lipinski definition) is 0. The monoisotopic (exact) mass is 312 g/mol. The molecule has 0 aliphatic carbocycles. The lowest BCUT2D eigenvalue weighted by molar-refractivity contribution is -0.151. The van der Waals surface area contributed by atoms with Gasteiger partial charge < -0.3 is 9.47 Å². The van der Waals surface area contributed by atoms with Crippen molar-refractivity contribution in [2.75, 3.05) is 6.61 Å². The zero-order valence-electron chi connectivity index (χ0n) is 13.8. The highest BCUT2D eigenvalue weighted by Crippen LogP contribution is 2.23. The number of benzene rings is 2. The highest BCUT2D eigenvalue weighted by atomic mass is 16.6. The van der Waals surface area contributed by atoms with Crippen molar-refractivity contribution < 1.29 is 14.3 Å². The second kappa shape index (κ2) is 8.99. The molecular formula is C20H24O3. The van der Waals surface area contributed by atoms with Crippen molar-refractivity contribution in [1.29, 1.82) is 0 Å². The molecule has 0 aromatic heterocycles. The zero-order valence-corrected chi connectivity index (χ0v) is 13.8. The Morgan fingerprint density at radius 3 is 2.22 bits per heavy atom. The van der Waals surface area contributed by atoms with Gasteiger partial charge >= 0.3 is 5.97 Å². The fourth-order valence-corrected chi connectivity index (χ4v) is 2.37. The van der Waals surface area contributed by atoms with Crippen molar-refractivity contribution in [2.45, 2.75) is 39.2 Å². The molecule has 122 valence electrons. The average molecular weight is 312 g/mol. The number of unbranched alkanes of at least 4 members (excludes halogenated alkanes) is 1. The largest absolute Gasteiger partial charge is 0.479 e. The standard InChI is InChI=1S/C20H24O3/c1-3-5-11-19(20(21)22-4-2)23-18-14-12-17(13-15-18)16-9-7-6-8-10-16/h6-10,12-15,19H,3-5,11H2,1-2H3/t19-/m0/s1. The number of rotatable bonds is 8. The predicted molar refractivity (Wildman–Crippen MR) is 92.5 cm³/mol. The van der Waals surface area contributed by atoms with Crippen molar-refractivity contribution in [1.82, 2.24) is 0 Å². The first-order valence-electron chi connectivity index (χ1n) is 8.23. The third-order valence-electron chi connectivity index (χ3n) is 3.61. The van der Waals surface area contributed by atoms with Gasteiger partial charge in [-0.25, -0.2) is 4.79 Å². The molecule has 0 N–H and O–H groups in total. The van der Waals surface area contributed by atoms with Crippen LogP contribution in [0, 0.1) is 0 Å². The fourth-order valence-electron chi connectivity index (χ4n) is 2.37. The Kier molecular flexibility index (Phi) is 6.67. The second-order valence-electron chi connectivity index (χ2n) is 5.39. The lowest BCUT2D eigenvalue weighted by Crippen LogP contribution is -2.29. The zero-order chi connectivity index (χ0) is 16.5. The summed E-state index contributed by atoms with van der Waals surface area (Å²) in [6, 6.07) is 18.0. The SMILES string of the molecule is CCCC[C@H](Oc1ccc(-c2ccccc2)cc1)C(=O)OCC. The highest BCUT2D eigenvalue weighted by molar-refractivity contribution is 5.75. The van der Waals surface area contributed by atoms with Gasteiger partial charge in [-0.1, -0.05) is 55.8 Å². The smallest absolute Gasteiger partial charge is 0.347 e. The van der Waals surface area contributed by atoms with Crippen LogP contribution in [0.25, 0.3) is 11.1 Å². The molecule has 0 heterocycles. The van der Waals surface area contributed by atoms with Crippen LogP contribution in [0.15, 0.2) is 54.6 Å². The van der Waals surface area contributed by atoms with Gasteiger partial charge in [0.2, 0.25) is 0 Å². The van der Waals surface area contributed by atoms with Crippen molar-refractivity contribution in [2.24, 2.45) is 0 Å². The molecule has 1 atom stereocenters. The van der Waals surface area contributed by atoms with Crippen LogP contribution < -0.4 is 4.74 Å². The van der Waals surface area contributed by atoms with Crippen LogP contribution >= 0.6 is 0 Å². The summed E-state index contributed by atoms with van der Waals surface area (Å²) in [5, 5.41) is 0. The molecule has 2 rings (SSSR count). The van der Waals surface area contributed by atoms with Crippen LogP contribution in [-0.2, 0) is 9.53 Å². The van der Waals surface area contributed by atoms with Crippen LogP contribution in [0.4, 0.5) is 0 Å². The van der Waals surface area contributed by atoms with Gasteiger partial charge in [0.15, 0.2) is 6.10 Å². The molecule has 0 unspecified atom stereocenters. The van der Waals surface area contributed by atoms with E-state index in [1.54, 1.807) is 0 Å². The summed E-state index contributed by atoms with van der Waals surface area (Å²) in [6.45, 7) is 4.28. The molecule has 3 nitrogen and oxygen atoms in total. The maximum Gasteiger partial charge on any atom is 0.347 e. The van der Waals surface area contributed by atoms with Crippen molar-refractivity contribution in [3.63, 3.8) is 0 Å². The number of esters is 1. The molecule has 0 saturated heterocycles. The summed E-state index contributed by atoms with van der Waals surface area (Å²) in [5.41, 5.74) is 2.28. The first-order chi connectivity index (χ1) is 11.2. The van der Waals surface area contributed by atoms with Gasteiger partial charge in [-0.2, -0.15) is 0 Å². The van der Waals surface area contributed by atoms with Crippen LogP contribution in [0.3, 0.4) is 0 Å². The quantitative estimate of drug-likeness (QED) is 0.653. The van der Waals surface area contributed by atoms with Gasteiger partial charge in [0, 0.05) is 0 Å². The Bertz CT molecular complexity index is 590. The van der Waals surface area contributed by atoms with Crippen LogP contribution in [0.2, 0.25) is 0 Å². The molecule has 2 aromatic rings. The lowest BCUT2D eigenvalue weighted by Gasteiger charge is -2.17. The van der Waals surface area contributed by atoms with E-state index in [0.717, 1.165) is 24.0 Å². The maximum absolute atomic E-state index is 12.0. The van der Waals surface area contributed by atoms with Crippen LogP contribution in [0.1, 0.15) is 33.1 Å². The third-order valence-corrected chi connectivity index (χ3v) is 3.61. The minimum absolute atomic E-state index is 0.284. The van der Waals surface area contributed by atoms with Crippen molar-refractivity contribution in [3.05, 3.63) is 54.6 Å². The van der Waals surface area contributed by atoms with E-state index < -0.39 is 6.10 Å². The molecule has 3 heteroatoms. The number of hydrogen-bond acceptors (Lipinski definition) is 3. The summed E-state index contributed by atoms with van der Waals surface area (Å²) in [7, 11) is 0. The molecule has 0 spiro atoms. The molecule has 2 aromatic carbocycles. The minimum Gasteiger partial charge on any atom is -0.479 e. The number of carbonyl (C=O) groups is 1. The van der Waals surface area contributed by atoms with Gasteiger partial charge in [0.1, 0.15) is 5.75 Å². The summed E-state index contributed by atoms with van der Waals surface area (Å²) in [6.07, 6.45) is 2.10. The molecule has 0 amide bonds. The van der Waals surface area contributed by atoms with Gasteiger partial charge in [0.25, 0.3) is 0 Å². The van der Waals surface area contributed by atoms with Gasteiger partial charge in [-0.15, -0.1) is 0 Å². The molecule has 23 heavy (non-hydrogen) atoms. The molecule has 0 aliphatic rings. The Balaban J connectivity index is 2.06. The fraction of sp³-hybridized carbons (Fsp3) is 0.350. The number of carbonyl (C=O) groups excluding carboxylic acids is 1. The Labute approximate surface area is 138 Å². The Morgan fingerprint density at radius 1 is 0.957 bits per heavy atom. The molecule has 0 fully saturated rings.